The Bertz CT molecular complexity index is 493. The molecule has 5 heteroatoms. The number of carbonyl (C=O) groups is 2. The van der Waals surface area contributed by atoms with Gasteiger partial charge in [0.15, 0.2) is 0 Å². The van der Waals surface area contributed by atoms with Crippen LogP contribution in [-0.2, 0) is 4.79 Å². The Morgan fingerprint density at radius 1 is 1.40 bits per heavy atom. The zero-order valence-corrected chi connectivity index (χ0v) is 12.9. The van der Waals surface area contributed by atoms with Crippen LogP contribution in [-0.4, -0.2) is 23.0 Å². The molecule has 1 amide bonds. The maximum absolute atomic E-state index is 12.0. The van der Waals surface area contributed by atoms with Crippen LogP contribution < -0.4 is 5.32 Å². The Morgan fingerprint density at radius 3 is 2.70 bits per heavy atom. The Labute approximate surface area is 123 Å². The highest BCUT2D eigenvalue weighted by Gasteiger charge is 2.13. The van der Waals surface area contributed by atoms with E-state index in [0.717, 1.165) is 23.8 Å². The van der Waals surface area contributed by atoms with Gasteiger partial charge >= 0.3 is 5.97 Å². The lowest BCUT2D eigenvalue weighted by Gasteiger charge is -2.16. The molecule has 20 heavy (non-hydrogen) atoms. The Kier molecular flexibility index (Phi) is 6.45. The average Bonchev–Trinajstić information content (AvgIpc) is 2.84. The maximum atomic E-state index is 12.0. The highest BCUT2D eigenvalue weighted by atomic mass is 32.1. The largest absolute Gasteiger partial charge is 0.478 e. The van der Waals surface area contributed by atoms with E-state index in [9.17, 15) is 9.59 Å². The molecule has 1 aromatic rings. The van der Waals surface area contributed by atoms with Gasteiger partial charge in [0.1, 0.15) is 0 Å². The second kappa shape index (κ2) is 7.85. The van der Waals surface area contributed by atoms with Gasteiger partial charge in [0, 0.05) is 17.0 Å². The summed E-state index contributed by atoms with van der Waals surface area (Å²) in [7, 11) is 0. The van der Waals surface area contributed by atoms with Gasteiger partial charge in [-0.15, -0.1) is 11.3 Å². The summed E-state index contributed by atoms with van der Waals surface area (Å²) in [5, 5.41) is 11.5. The fourth-order valence-corrected chi connectivity index (χ4v) is 2.66. The molecule has 0 aliphatic heterocycles. The van der Waals surface area contributed by atoms with E-state index in [1.54, 1.807) is 12.1 Å². The molecule has 1 aromatic heterocycles. The molecule has 2 atom stereocenters. The number of hydrogen-bond acceptors (Lipinski definition) is 3. The van der Waals surface area contributed by atoms with Crippen LogP contribution in [0, 0.1) is 5.92 Å². The van der Waals surface area contributed by atoms with Gasteiger partial charge in [-0.2, -0.15) is 0 Å². The molecule has 0 saturated carbocycles. The summed E-state index contributed by atoms with van der Waals surface area (Å²) < 4.78 is 0. The number of carboxylic acid groups (broad SMARTS) is 1. The second-order valence-corrected chi connectivity index (χ2v) is 6.11. The second-order valence-electron chi connectivity index (χ2n) is 5.00. The fourth-order valence-electron chi connectivity index (χ4n) is 1.84. The van der Waals surface area contributed by atoms with Gasteiger partial charge in [-0.3, -0.25) is 4.79 Å². The minimum absolute atomic E-state index is 0.0965. The minimum atomic E-state index is -0.994. The van der Waals surface area contributed by atoms with Crippen LogP contribution in [0.2, 0.25) is 0 Å². The molecule has 0 aliphatic carbocycles. The third-order valence-corrected chi connectivity index (χ3v) is 4.12. The molecular weight excluding hydrogens is 274 g/mol. The van der Waals surface area contributed by atoms with E-state index in [-0.39, 0.29) is 11.9 Å². The zero-order chi connectivity index (χ0) is 15.1. The van der Waals surface area contributed by atoms with Gasteiger partial charge in [0.25, 0.3) is 5.91 Å². The molecule has 4 nitrogen and oxygen atoms in total. The number of carboxylic acids is 1. The first-order valence-electron chi connectivity index (χ1n) is 6.74. The molecule has 0 spiro atoms. The summed E-state index contributed by atoms with van der Waals surface area (Å²) >= 11 is 1.29. The number of hydrogen-bond donors (Lipinski definition) is 2. The van der Waals surface area contributed by atoms with Crippen molar-refractivity contribution in [3.8, 4) is 0 Å². The lowest BCUT2D eigenvalue weighted by Crippen LogP contribution is -2.33. The molecule has 1 rings (SSSR count). The van der Waals surface area contributed by atoms with Gasteiger partial charge in [-0.1, -0.05) is 20.3 Å². The molecule has 0 fully saturated rings. The SMILES string of the molecule is CCC(C)CC(C)NC(=O)c1ccc(C=CC(=O)O)s1. The Morgan fingerprint density at radius 2 is 2.10 bits per heavy atom. The van der Waals surface area contributed by atoms with Gasteiger partial charge in [-0.05, 0) is 37.5 Å². The molecule has 0 radical (unpaired) electrons. The standard InChI is InChI=1S/C15H21NO3S/c1-4-10(2)9-11(3)16-15(19)13-7-5-12(20-13)6-8-14(17)18/h5-8,10-11H,4,9H2,1-3H3,(H,16,19)(H,17,18). The predicted molar refractivity (Wildman–Crippen MR) is 82.0 cm³/mol. The molecule has 1 heterocycles. The van der Waals surface area contributed by atoms with Crippen molar-refractivity contribution < 1.29 is 14.7 Å². The molecule has 0 bridgehead atoms. The van der Waals surface area contributed by atoms with Gasteiger partial charge < -0.3 is 10.4 Å². The van der Waals surface area contributed by atoms with Crippen LogP contribution in [0.25, 0.3) is 6.08 Å². The average molecular weight is 295 g/mol. The minimum Gasteiger partial charge on any atom is -0.478 e. The number of aliphatic carboxylic acids is 1. The molecule has 0 saturated heterocycles. The van der Waals surface area contributed by atoms with E-state index in [1.807, 2.05) is 6.92 Å². The van der Waals surface area contributed by atoms with Crippen molar-refractivity contribution in [1.82, 2.24) is 5.32 Å². The lowest BCUT2D eigenvalue weighted by molar-refractivity contribution is -0.131. The number of nitrogens with one attached hydrogen (secondary N) is 1. The van der Waals surface area contributed by atoms with Gasteiger partial charge in [0.2, 0.25) is 0 Å². The van der Waals surface area contributed by atoms with Crippen LogP contribution in [0.5, 0.6) is 0 Å². The van der Waals surface area contributed by atoms with Crippen LogP contribution in [0.3, 0.4) is 0 Å². The van der Waals surface area contributed by atoms with E-state index in [0.29, 0.717) is 10.8 Å². The predicted octanol–water partition coefficient (Wildman–Crippen LogP) is 3.40. The summed E-state index contributed by atoms with van der Waals surface area (Å²) in [6, 6.07) is 3.60. The van der Waals surface area contributed by atoms with Crippen molar-refractivity contribution in [2.24, 2.45) is 5.92 Å². The van der Waals surface area contributed by atoms with Crippen molar-refractivity contribution in [1.29, 1.82) is 0 Å². The summed E-state index contributed by atoms with van der Waals surface area (Å²) in [4.78, 5) is 23.8. The smallest absolute Gasteiger partial charge is 0.328 e. The first-order valence-corrected chi connectivity index (χ1v) is 7.55. The molecular formula is C15H21NO3S. The lowest BCUT2D eigenvalue weighted by atomic mass is 10.0. The maximum Gasteiger partial charge on any atom is 0.328 e. The summed E-state index contributed by atoms with van der Waals surface area (Å²) in [5.41, 5.74) is 0. The Hall–Kier alpha value is -1.62. The summed E-state index contributed by atoms with van der Waals surface area (Å²) in [6.07, 6.45) is 4.62. The van der Waals surface area contributed by atoms with E-state index in [1.165, 1.54) is 17.4 Å². The quantitative estimate of drug-likeness (QED) is 0.758. The molecule has 110 valence electrons. The monoisotopic (exact) mass is 295 g/mol. The topological polar surface area (TPSA) is 66.4 Å². The molecule has 0 aliphatic rings. The number of amides is 1. The van der Waals surface area contributed by atoms with Crippen molar-refractivity contribution in [2.45, 2.75) is 39.7 Å². The van der Waals surface area contributed by atoms with Gasteiger partial charge in [0.05, 0.1) is 4.88 Å². The van der Waals surface area contributed by atoms with E-state index in [4.69, 9.17) is 5.11 Å². The van der Waals surface area contributed by atoms with Crippen molar-refractivity contribution in [3.63, 3.8) is 0 Å². The summed E-state index contributed by atoms with van der Waals surface area (Å²) in [6.45, 7) is 6.31. The van der Waals surface area contributed by atoms with E-state index < -0.39 is 5.97 Å². The fraction of sp³-hybridized carbons (Fsp3) is 0.467. The van der Waals surface area contributed by atoms with Crippen LogP contribution in [0.4, 0.5) is 0 Å². The van der Waals surface area contributed by atoms with Crippen LogP contribution in [0.1, 0.15) is 48.2 Å². The summed E-state index contributed by atoms with van der Waals surface area (Å²) in [5.74, 6) is -0.505. The van der Waals surface area contributed by atoms with Crippen LogP contribution >= 0.6 is 11.3 Å². The number of rotatable bonds is 7. The third kappa shape index (κ3) is 5.57. The molecule has 2 N–H and O–H groups in total. The van der Waals surface area contributed by atoms with Crippen LogP contribution in [0.15, 0.2) is 18.2 Å². The highest BCUT2D eigenvalue weighted by Crippen LogP contribution is 2.18. The normalized spacial score (nSPS) is 14.2. The first-order chi connectivity index (χ1) is 9.42. The van der Waals surface area contributed by atoms with Crippen molar-refractivity contribution in [2.75, 3.05) is 0 Å². The van der Waals surface area contributed by atoms with Crippen molar-refractivity contribution >= 4 is 29.3 Å². The Balaban J connectivity index is 2.58. The van der Waals surface area contributed by atoms with E-state index >= 15 is 0 Å². The number of carbonyl (C=O) groups excluding carboxylic acids is 1. The highest BCUT2D eigenvalue weighted by molar-refractivity contribution is 7.14. The van der Waals surface area contributed by atoms with Crippen molar-refractivity contribution in [3.05, 3.63) is 28.0 Å². The molecule has 2 unspecified atom stereocenters. The third-order valence-electron chi connectivity index (χ3n) is 3.07. The zero-order valence-electron chi connectivity index (χ0n) is 12.1. The molecule has 0 aromatic carbocycles. The van der Waals surface area contributed by atoms with Gasteiger partial charge in [-0.25, -0.2) is 4.79 Å². The first kappa shape index (κ1) is 16.4. The number of thiophene rings is 1. The van der Waals surface area contributed by atoms with E-state index in [2.05, 4.69) is 19.2 Å².